The number of rotatable bonds is 3. The van der Waals surface area contributed by atoms with E-state index in [1.807, 2.05) is 0 Å². The lowest BCUT2D eigenvalue weighted by molar-refractivity contribution is 0.145. The first-order chi connectivity index (χ1) is 12.4. The van der Waals surface area contributed by atoms with E-state index < -0.39 is 0 Å². The fourth-order valence-electron chi connectivity index (χ4n) is 5.20. The molecule has 0 N–H and O–H groups in total. The summed E-state index contributed by atoms with van der Waals surface area (Å²) in [5.74, 6) is 0.794. The van der Waals surface area contributed by atoms with Gasteiger partial charge in [-0.25, -0.2) is 0 Å². The Kier molecular flexibility index (Phi) is 4.01. The van der Waals surface area contributed by atoms with Crippen molar-refractivity contribution in [2.45, 2.75) is 50.6 Å². The highest BCUT2D eigenvalue weighted by atomic mass is 15.2. The largest absolute Gasteiger partial charge is 0.372 e. The summed E-state index contributed by atoms with van der Waals surface area (Å²) in [6.07, 6.45) is 6.74. The van der Waals surface area contributed by atoms with Crippen LogP contribution in [0.15, 0.2) is 48.5 Å². The summed E-state index contributed by atoms with van der Waals surface area (Å²) in [7, 11) is 0. The van der Waals surface area contributed by atoms with Crippen molar-refractivity contribution in [1.29, 1.82) is 0 Å². The summed E-state index contributed by atoms with van der Waals surface area (Å²) < 4.78 is 0. The Morgan fingerprint density at radius 2 is 1.68 bits per heavy atom. The minimum Gasteiger partial charge on any atom is -0.372 e. The van der Waals surface area contributed by atoms with Crippen molar-refractivity contribution < 1.29 is 0 Å². The molecule has 2 nitrogen and oxygen atoms in total. The quantitative estimate of drug-likeness (QED) is 0.770. The summed E-state index contributed by atoms with van der Waals surface area (Å²) >= 11 is 0. The average Bonchev–Trinajstić information content (AvgIpc) is 2.98. The van der Waals surface area contributed by atoms with Crippen LogP contribution in [0.3, 0.4) is 0 Å². The molecule has 0 saturated carbocycles. The lowest BCUT2D eigenvalue weighted by atomic mass is 9.95. The van der Waals surface area contributed by atoms with Crippen LogP contribution in [0.25, 0.3) is 0 Å². The molecule has 0 amide bonds. The van der Waals surface area contributed by atoms with Gasteiger partial charge in [0.05, 0.1) is 0 Å². The van der Waals surface area contributed by atoms with Crippen molar-refractivity contribution in [3.63, 3.8) is 0 Å². The maximum Gasteiger partial charge on any atom is 0.0369 e. The van der Waals surface area contributed by atoms with Gasteiger partial charge >= 0.3 is 0 Å². The van der Waals surface area contributed by atoms with Gasteiger partial charge in [-0.1, -0.05) is 36.4 Å². The average molecular weight is 332 g/mol. The minimum atomic E-state index is 0.624. The molecule has 3 aliphatic rings. The van der Waals surface area contributed by atoms with Crippen LogP contribution in [0.2, 0.25) is 0 Å². The third-order valence-corrected chi connectivity index (χ3v) is 6.53. The summed E-state index contributed by atoms with van der Waals surface area (Å²) in [6, 6.07) is 19.0. The van der Waals surface area contributed by atoms with E-state index in [9.17, 15) is 0 Å². The molecule has 1 aliphatic carbocycles. The Balaban J connectivity index is 1.42. The third kappa shape index (κ3) is 2.87. The number of fused-ring (bicyclic) bond motifs is 5. The van der Waals surface area contributed by atoms with Crippen LogP contribution in [0.1, 0.15) is 60.8 Å². The molecule has 2 heterocycles. The highest BCUT2D eigenvalue weighted by molar-refractivity contribution is 5.55. The van der Waals surface area contributed by atoms with E-state index in [1.165, 1.54) is 63.0 Å². The maximum atomic E-state index is 2.72. The van der Waals surface area contributed by atoms with Gasteiger partial charge < -0.3 is 4.90 Å². The highest BCUT2D eigenvalue weighted by Gasteiger charge is 2.38. The van der Waals surface area contributed by atoms with Crippen molar-refractivity contribution in [3.8, 4) is 0 Å². The highest BCUT2D eigenvalue weighted by Crippen LogP contribution is 2.50. The summed E-state index contributed by atoms with van der Waals surface area (Å²) in [6.45, 7) is 4.80. The van der Waals surface area contributed by atoms with E-state index in [2.05, 4.69) is 58.3 Å². The first-order valence-electron chi connectivity index (χ1n) is 10.1. The normalized spacial score (nSPS) is 25.8. The molecule has 2 bridgehead atoms. The Hall–Kier alpha value is -1.80. The van der Waals surface area contributed by atoms with Gasteiger partial charge in [0.25, 0.3) is 0 Å². The number of anilines is 1. The predicted octanol–water partition coefficient (Wildman–Crippen LogP) is 5.11. The lowest BCUT2D eigenvalue weighted by Crippen LogP contribution is -2.32. The van der Waals surface area contributed by atoms with Gasteiger partial charge in [0, 0.05) is 31.4 Å². The molecule has 0 aromatic heterocycles. The SMILES string of the molecule is c1ccc(CN2CCC3C[C@@H]2c2cc(N4CCCCC4)ccc23)cc1. The molecule has 0 spiro atoms. The molecule has 25 heavy (non-hydrogen) atoms. The number of benzene rings is 2. The fourth-order valence-corrected chi connectivity index (χ4v) is 5.20. The van der Waals surface area contributed by atoms with Gasteiger partial charge in [-0.3, -0.25) is 4.90 Å². The van der Waals surface area contributed by atoms with Crippen LogP contribution in [0.5, 0.6) is 0 Å². The van der Waals surface area contributed by atoms with Crippen molar-refractivity contribution >= 4 is 5.69 Å². The van der Waals surface area contributed by atoms with Gasteiger partial charge in [0.1, 0.15) is 0 Å². The molecule has 1 unspecified atom stereocenters. The molecular weight excluding hydrogens is 304 g/mol. The second kappa shape index (κ2) is 6.49. The summed E-state index contributed by atoms with van der Waals surface area (Å²) in [4.78, 5) is 5.32. The predicted molar refractivity (Wildman–Crippen MR) is 104 cm³/mol. The van der Waals surface area contributed by atoms with E-state index in [0.29, 0.717) is 6.04 Å². The molecule has 2 aliphatic heterocycles. The van der Waals surface area contributed by atoms with Gasteiger partial charge in [-0.2, -0.15) is 0 Å². The number of piperidine rings is 2. The number of nitrogens with zero attached hydrogens (tertiary/aromatic N) is 2. The van der Waals surface area contributed by atoms with E-state index in [4.69, 9.17) is 0 Å². The van der Waals surface area contributed by atoms with Crippen molar-refractivity contribution in [3.05, 3.63) is 65.2 Å². The molecule has 2 atom stereocenters. The van der Waals surface area contributed by atoms with Crippen LogP contribution in [-0.4, -0.2) is 24.5 Å². The fraction of sp³-hybridized carbons (Fsp3) is 0.478. The Bertz CT molecular complexity index is 733. The topological polar surface area (TPSA) is 6.48 Å². The van der Waals surface area contributed by atoms with Gasteiger partial charge in [-0.05, 0) is 73.4 Å². The minimum absolute atomic E-state index is 0.624. The van der Waals surface area contributed by atoms with Crippen molar-refractivity contribution in [2.24, 2.45) is 0 Å². The van der Waals surface area contributed by atoms with Gasteiger partial charge in [0.15, 0.2) is 0 Å². The first kappa shape index (κ1) is 15.5. The Morgan fingerprint density at radius 1 is 0.840 bits per heavy atom. The number of hydrogen-bond acceptors (Lipinski definition) is 2. The molecule has 2 saturated heterocycles. The maximum absolute atomic E-state index is 2.72. The van der Waals surface area contributed by atoms with E-state index in [0.717, 1.165) is 12.5 Å². The van der Waals surface area contributed by atoms with Crippen LogP contribution in [0, 0.1) is 0 Å². The number of likely N-dealkylation sites (tertiary alicyclic amines) is 1. The Labute approximate surface area is 151 Å². The van der Waals surface area contributed by atoms with Crippen LogP contribution in [0.4, 0.5) is 5.69 Å². The van der Waals surface area contributed by atoms with Crippen LogP contribution >= 0.6 is 0 Å². The monoisotopic (exact) mass is 332 g/mol. The second-order valence-electron chi connectivity index (χ2n) is 8.05. The van der Waals surface area contributed by atoms with Gasteiger partial charge in [0.2, 0.25) is 0 Å². The summed E-state index contributed by atoms with van der Waals surface area (Å²) in [5, 5.41) is 0. The Morgan fingerprint density at radius 3 is 2.52 bits per heavy atom. The molecule has 2 aromatic rings. The zero-order valence-electron chi connectivity index (χ0n) is 15.0. The molecular formula is C23H28N2. The molecule has 2 aromatic carbocycles. The van der Waals surface area contributed by atoms with Gasteiger partial charge in [-0.15, -0.1) is 0 Å². The summed E-state index contributed by atoms with van der Waals surface area (Å²) in [5.41, 5.74) is 6.18. The molecule has 2 fully saturated rings. The zero-order chi connectivity index (χ0) is 16.6. The first-order valence-corrected chi connectivity index (χ1v) is 10.1. The number of hydrogen-bond donors (Lipinski definition) is 0. The van der Waals surface area contributed by atoms with E-state index in [-0.39, 0.29) is 0 Å². The van der Waals surface area contributed by atoms with Crippen LogP contribution < -0.4 is 4.90 Å². The van der Waals surface area contributed by atoms with Crippen molar-refractivity contribution in [1.82, 2.24) is 4.90 Å². The molecule has 130 valence electrons. The van der Waals surface area contributed by atoms with Crippen LogP contribution in [-0.2, 0) is 6.54 Å². The zero-order valence-corrected chi connectivity index (χ0v) is 15.0. The van der Waals surface area contributed by atoms with Crippen molar-refractivity contribution in [2.75, 3.05) is 24.5 Å². The molecule has 5 rings (SSSR count). The van der Waals surface area contributed by atoms with E-state index in [1.54, 1.807) is 11.1 Å². The lowest BCUT2D eigenvalue weighted by Gasteiger charge is -2.34. The third-order valence-electron chi connectivity index (χ3n) is 6.53. The standard InChI is InChI=1S/C23H28N2/c1-3-7-18(8-4-1)17-25-14-11-19-15-23(25)22-16-20(9-10-21(19)22)24-12-5-2-6-13-24/h1,3-4,7-10,16,19,23H,2,5-6,11-15,17H2/t19?,23-/m1/s1. The molecule has 2 heteroatoms. The smallest absolute Gasteiger partial charge is 0.0369 e. The second-order valence-corrected chi connectivity index (χ2v) is 8.05. The molecule has 0 radical (unpaired) electrons. The van der Waals surface area contributed by atoms with E-state index >= 15 is 0 Å².